The number of aromatic hydroxyl groups is 1. The van der Waals surface area contributed by atoms with E-state index in [0.717, 1.165) is 3.97 Å². The molecule has 238 valence electrons. The number of hydrogen-bond donors (Lipinski definition) is 2. The lowest BCUT2D eigenvalue weighted by atomic mass is 10.1. The van der Waals surface area contributed by atoms with Crippen molar-refractivity contribution in [3.63, 3.8) is 0 Å². The molecule has 4 aromatic carbocycles. The third kappa shape index (κ3) is 7.50. The second-order valence-corrected chi connectivity index (χ2v) is 13.6. The summed E-state index contributed by atoms with van der Waals surface area (Å²) in [5, 5.41) is 11.2. The molecule has 0 fully saturated rings. The Morgan fingerprint density at radius 1 is 0.848 bits per heavy atom. The summed E-state index contributed by atoms with van der Waals surface area (Å²) in [4.78, 5) is 14.7. The van der Waals surface area contributed by atoms with Crippen LogP contribution in [-0.2, 0) is 20.0 Å². The van der Waals surface area contributed by atoms with Crippen LogP contribution in [0.4, 0.5) is 5.69 Å². The minimum atomic E-state index is -3.93. The van der Waals surface area contributed by atoms with Crippen molar-refractivity contribution >= 4 is 71.8 Å². The normalized spacial score (nSPS) is 11.1. The molecule has 1 heterocycles. The van der Waals surface area contributed by atoms with Crippen molar-refractivity contribution in [2.75, 3.05) is 18.9 Å². The van der Waals surface area contributed by atoms with E-state index >= 15 is 0 Å². The number of aromatic nitrogens is 1. The first kappa shape index (κ1) is 34.0. The Bertz CT molecular complexity index is 2180. The molecule has 0 unspecified atom stereocenters. The molecule has 2 N–H and O–H groups in total. The van der Waals surface area contributed by atoms with Gasteiger partial charge in [0.2, 0.25) is 0 Å². The van der Waals surface area contributed by atoms with Gasteiger partial charge in [0.15, 0.2) is 0 Å². The number of nitrogens with one attached hydrogen (secondary N) is 1. The standard InChI is InChI=1S/C15H12ClN3O4S.C15H12ClNO4S/c1-23-11-4-7-14(13(8-11)15(20)9-18-17)19-24(21,22)12-5-2-10(16)3-6-12;1-21-11-4-7-14-13(8-11)15(18)9-17(14)22(19,20)12-5-2-10(16)3-6-12/h2-9,19H,1H3;2-9,18H,1H3. The molecule has 46 heavy (non-hydrogen) atoms. The lowest BCUT2D eigenvalue weighted by Gasteiger charge is -2.12. The second kappa shape index (κ2) is 14.1. The number of benzene rings is 4. The number of rotatable bonds is 9. The molecule has 0 aliphatic carbocycles. The van der Waals surface area contributed by atoms with E-state index < -0.39 is 25.8 Å². The molecule has 5 aromatic rings. The van der Waals surface area contributed by atoms with Crippen LogP contribution in [0.15, 0.2) is 101 Å². The Balaban J connectivity index is 0.000000209. The molecular formula is C30H24Cl2N4O8S2. The molecule has 0 atom stereocenters. The number of anilines is 1. The van der Waals surface area contributed by atoms with Gasteiger partial charge in [-0.3, -0.25) is 9.52 Å². The smallest absolute Gasteiger partial charge is 0.328 e. The number of ketones is 1. The number of Topliss-reactive ketones (excluding diaryl/α,β-unsaturated/α-hetero) is 1. The van der Waals surface area contributed by atoms with Gasteiger partial charge in [-0.15, -0.1) is 0 Å². The third-order valence-electron chi connectivity index (χ3n) is 6.36. The molecule has 0 saturated heterocycles. The minimum Gasteiger partial charge on any atom is -0.506 e. The Labute approximate surface area is 274 Å². The quantitative estimate of drug-likeness (QED) is 0.0828. The highest BCUT2D eigenvalue weighted by molar-refractivity contribution is 7.92. The molecule has 0 bridgehead atoms. The number of hydrogen-bond acceptors (Lipinski definition) is 8. The number of sulfonamides is 1. The summed E-state index contributed by atoms with van der Waals surface area (Å²) in [6.07, 6.45) is 1.84. The molecule has 0 aliphatic rings. The van der Waals surface area contributed by atoms with Gasteiger partial charge in [0.25, 0.3) is 25.8 Å². The second-order valence-electron chi connectivity index (χ2n) is 9.23. The van der Waals surface area contributed by atoms with Crippen LogP contribution >= 0.6 is 23.2 Å². The van der Waals surface area contributed by atoms with Crippen molar-refractivity contribution in [3.8, 4) is 17.2 Å². The maximum absolute atomic E-state index is 12.7. The van der Waals surface area contributed by atoms with Crippen LogP contribution < -0.4 is 14.2 Å². The minimum absolute atomic E-state index is 0.0167. The van der Waals surface area contributed by atoms with E-state index in [1.54, 1.807) is 18.2 Å². The van der Waals surface area contributed by atoms with Crippen LogP contribution in [-0.4, -0.2) is 56.9 Å². The highest BCUT2D eigenvalue weighted by atomic mass is 35.5. The molecule has 5 rings (SSSR count). The fourth-order valence-corrected chi connectivity index (χ4v) is 6.79. The first-order chi connectivity index (χ1) is 21.8. The SMILES string of the molecule is COc1ccc(NS(=O)(=O)c2ccc(Cl)cc2)c(C(=O)C=[N+]=[N-])c1.COc1ccc2c(c1)c(O)cn2S(=O)(=O)c1ccc(Cl)cc1. The van der Waals surface area contributed by atoms with Crippen molar-refractivity contribution in [2.24, 2.45) is 0 Å². The summed E-state index contributed by atoms with van der Waals surface area (Å²) >= 11 is 11.5. The molecular weight excluding hydrogens is 679 g/mol. The summed E-state index contributed by atoms with van der Waals surface area (Å²) in [6, 6.07) is 20.4. The number of nitrogens with zero attached hydrogens (tertiary/aromatic N) is 3. The van der Waals surface area contributed by atoms with Gasteiger partial charge in [0.05, 0.1) is 47.0 Å². The number of carbonyl (C=O) groups is 1. The zero-order valence-electron chi connectivity index (χ0n) is 24.0. The predicted octanol–water partition coefficient (Wildman–Crippen LogP) is 5.88. The summed E-state index contributed by atoms with van der Waals surface area (Å²) in [5.74, 6) is 0.0558. The maximum atomic E-state index is 12.7. The van der Waals surface area contributed by atoms with Crippen molar-refractivity contribution in [1.29, 1.82) is 0 Å². The fourth-order valence-electron chi connectivity index (χ4n) is 4.09. The number of carbonyl (C=O) groups excluding carboxylic acids is 1. The van der Waals surface area contributed by atoms with Gasteiger partial charge in [0.1, 0.15) is 17.2 Å². The fraction of sp³-hybridized carbons (Fsp3) is 0.0667. The third-order valence-corrected chi connectivity index (χ3v) is 9.94. The van der Waals surface area contributed by atoms with E-state index in [4.69, 9.17) is 38.2 Å². The maximum Gasteiger partial charge on any atom is 0.328 e. The molecule has 0 spiro atoms. The summed E-state index contributed by atoms with van der Waals surface area (Å²) in [6.45, 7) is 0. The van der Waals surface area contributed by atoms with E-state index in [1.165, 1.54) is 87.1 Å². The van der Waals surface area contributed by atoms with Gasteiger partial charge in [-0.05, 0) is 84.9 Å². The molecule has 0 saturated carbocycles. The number of ether oxygens (including phenoxy) is 2. The van der Waals surface area contributed by atoms with Gasteiger partial charge in [-0.2, -0.15) is 4.79 Å². The van der Waals surface area contributed by atoms with Gasteiger partial charge < -0.3 is 20.1 Å². The van der Waals surface area contributed by atoms with Crippen molar-refractivity contribution in [2.45, 2.75) is 9.79 Å². The van der Waals surface area contributed by atoms with Gasteiger partial charge in [0, 0.05) is 15.4 Å². The topological polar surface area (TPSA) is 177 Å². The van der Waals surface area contributed by atoms with E-state index in [9.17, 15) is 26.7 Å². The van der Waals surface area contributed by atoms with E-state index in [0.29, 0.717) is 38.7 Å². The van der Waals surface area contributed by atoms with Gasteiger partial charge >= 0.3 is 6.21 Å². The molecule has 0 radical (unpaired) electrons. The number of halogens is 2. The first-order valence-corrected chi connectivity index (χ1v) is 16.6. The van der Waals surface area contributed by atoms with E-state index in [2.05, 4.69) is 9.51 Å². The number of methoxy groups -OCH3 is 2. The lowest BCUT2D eigenvalue weighted by Crippen LogP contribution is -2.16. The molecule has 1 aromatic heterocycles. The highest BCUT2D eigenvalue weighted by Crippen LogP contribution is 2.33. The molecule has 12 nitrogen and oxygen atoms in total. The van der Waals surface area contributed by atoms with E-state index in [-0.39, 0.29) is 26.8 Å². The first-order valence-electron chi connectivity index (χ1n) is 12.9. The van der Waals surface area contributed by atoms with E-state index in [1.807, 2.05) is 0 Å². The molecule has 0 amide bonds. The lowest BCUT2D eigenvalue weighted by molar-refractivity contribution is 0.00235. The van der Waals surface area contributed by atoms with Crippen LogP contribution in [0.2, 0.25) is 10.0 Å². The van der Waals surface area contributed by atoms with Crippen LogP contribution in [0.25, 0.3) is 16.4 Å². The van der Waals surface area contributed by atoms with Gasteiger partial charge in [-0.1, -0.05) is 23.2 Å². The Kier molecular flexibility index (Phi) is 10.4. The summed E-state index contributed by atoms with van der Waals surface area (Å²) < 4.78 is 63.7. The molecule has 0 aliphatic heterocycles. The molecule has 16 heteroatoms. The van der Waals surface area contributed by atoms with Crippen LogP contribution in [0, 0.1) is 0 Å². The Morgan fingerprint density at radius 2 is 1.39 bits per heavy atom. The summed E-state index contributed by atoms with van der Waals surface area (Å²) in [7, 11) is -4.85. The number of fused-ring (bicyclic) bond motifs is 1. The Morgan fingerprint density at radius 3 is 1.96 bits per heavy atom. The largest absolute Gasteiger partial charge is 0.506 e. The highest BCUT2D eigenvalue weighted by Gasteiger charge is 2.22. The predicted molar refractivity (Wildman–Crippen MR) is 173 cm³/mol. The Hall–Kier alpha value is -4.85. The summed E-state index contributed by atoms with van der Waals surface area (Å²) in [5.41, 5.74) is 8.89. The van der Waals surface area contributed by atoms with Crippen molar-refractivity contribution in [3.05, 3.63) is 112 Å². The van der Waals surface area contributed by atoms with Crippen molar-refractivity contribution in [1.82, 2.24) is 3.97 Å². The van der Waals surface area contributed by atoms with Crippen LogP contribution in [0.1, 0.15) is 10.4 Å². The monoisotopic (exact) mass is 702 g/mol. The van der Waals surface area contributed by atoms with Gasteiger partial charge in [-0.25, -0.2) is 20.8 Å². The van der Waals surface area contributed by atoms with Crippen LogP contribution in [0.5, 0.6) is 17.2 Å². The van der Waals surface area contributed by atoms with Crippen molar-refractivity contribution < 1.29 is 41.0 Å². The average molecular weight is 704 g/mol. The average Bonchev–Trinajstić information content (AvgIpc) is 3.38. The zero-order chi connectivity index (χ0) is 33.6. The zero-order valence-corrected chi connectivity index (χ0v) is 27.1. The van der Waals surface area contributed by atoms with Crippen LogP contribution in [0.3, 0.4) is 0 Å².